The lowest BCUT2D eigenvalue weighted by molar-refractivity contribution is -0.117. The summed E-state index contributed by atoms with van der Waals surface area (Å²) < 4.78 is 44.6. The number of thioether (sulfide) groups is 1. The molecule has 0 aromatic heterocycles. The lowest BCUT2D eigenvalue weighted by atomic mass is 10.1. The fourth-order valence-corrected chi connectivity index (χ4v) is 7.84. The van der Waals surface area contributed by atoms with Crippen LogP contribution in [0.15, 0.2) is 51.9 Å². The predicted molar refractivity (Wildman–Crippen MR) is 120 cm³/mol. The molecule has 0 saturated carbocycles. The second-order valence-corrected chi connectivity index (χ2v) is 11.4. The number of hydrogen-bond donors (Lipinski definition) is 0. The molecule has 0 bridgehead atoms. The molecular formula is C20H18BrFN2O4S2. The summed E-state index contributed by atoms with van der Waals surface area (Å²) in [6.07, 6.45) is 0.0817. The lowest BCUT2D eigenvalue weighted by Crippen LogP contribution is -2.38. The minimum absolute atomic E-state index is 0.0112. The summed E-state index contributed by atoms with van der Waals surface area (Å²) in [7, 11) is -1.65. The van der Waals surface area contributed by atoms with Crippen LogP contribution in [0, 0.1) is 5.82 Å². The maximum atomic E-state index is 14.7. The van der Waals surface area contributed by atoms with E-state index in [1.54, 1.807) is 48.4 Å². The summed E-state index contributed by atoms with van der Waals surface area (Å²) >= 11 is 4.45. The van der Waals surface area contributed by atoms with Gasteiger partial charge in [-0.2, -0.15) is 4.99 Å². The summed E-state index contributed by atoms with van der Waals surface area (Å²) in [6, 6.07) is 11.2. The molecule has 0 aliphatic carbocycles. The van der Waals surface area contributed by atoms with Gasteiger partial charge >= 0.3 is 0 Å². The van der Waals surface area contributed by atoms with Crippen LogP contribution in [0.2, 0.25) is 0 Å². The molecule has 2 heterocycles. The number of amides is 1. The highest BCUT2D eigenvalue weighted by atomic mass is 79.9. The number of carbonyl (C=O) groups is 1. The number of ether oxygens (including phenoxy) is 1. The van der Waals surface area contributed by atoms with Gasteiger partial charge in [0.15, 0.2) is 15.0 Å². The summed E-state index contributed by atoms with van der Waals surface area (Å²) in [5.74, 6) is -0.304. The number of amidine groups is 1. The smallest absolute Gasteiger partial charge is 0.252 e. The van der Waals surface area contributed by atoms with Crippen LogP contribution in [0.4, 0.5) is 10.1 Å². The van der Waals surface area contributed by atoms with Crippen LogP contribution in [-0.2, 0) is 21.1 Å². The van der Waals surface area contributed by atoms with Gasteiger partial charge in [-0.05, 0) is 35.9 Å². The SMILES string of the molecule is COc1ccc(CC(=O)N=C2S[C@H]3CS(=O)(=O)C[C@@H]3N2c2ccc(Br)cc2F)cc1. The summed E-state index contributed by atoms with van der Waals surface area (Å²) in [5, 5.41) is 0.0465. The predicted octanol–water partition coefficient (Wildman–Crippen LogP) is 3.44. The zero-order chi connectivity index (χ0) is 21.5. The summed E-state index contributed by atoms with van der Waals surface area (Å²) in [4.78, 5) is 18.4. The van der Waals surface area contributed by atoms with Crippen molar-refractivity contribution in [3.8, 4) is 5.75 Å². The Morgan fingerprint density at radius 3 is 2.67 bits per heavy atom. The molecule has 1 amide bonds. The number of methoxy groups -OCH3 is 1. The number of fused-ring (bicyclic) bond motifs is 1. The average molecular weight is 513 g/mol. The number of anilines is 1. The molecule has 30 heavy (non-hydrogen) atoms. The highest BCUT2D eigenvalue weighted by Crippen LogP contribution is 2.42. The van der Waals surface area contributed by atoms with Gasteiger partial charge in [0.1, 0.15) is 11.6 Å². The molecule has 2 atom stereocenters. The van der Waals surface area contributed by atoms with E-state index >= 15 is 0 Å². The molecule has 2 fully saturated rings. The van der Waals surface area contributed by atoms with E-state index in [1.165, 1.54) is 17.8 Å². The van der Waals surface area contributed by atoms with Crippen LogP contribution in [-0.4, -0.2) is 49.4 Å². The fourth-order valence-electron chi connectivity index (χ4n) is 3.59. The Labute approximate surface area is 186 Å². The molecule has 2 aliphatic rings. The standard InChI is InChI=1S/C20H18BrFN2O4S2/c1-28-14-5-2-12(3-6-14)8-19(25)23-20-24(16-7-4-13(21)9-15(16)22)17-10-30(26,27)11-18(17)29-20/h2-7,9,17-18H,8,10-11H2,1H3/t17-,18-/m0/s1. The first-order valence-corrected chi connectivity index (χ1v) is 12.6. The summed E-state index contributed by atoms with van der Waals surface area (Å²) in [6.45, 7) is 0. The van der Waals surface area contributed by atoms with Gasteiger partial charge in [-0.15, -0.1) is 0 Å². The minimum atomic E-state index is -3.22. The Kier molecular flexibility index (Phi) is 5.91. The number of hydrogen-bond acceptors (Lipinski definition) is 5. The third kappa shape index (κ3) is 4.40. The minimum Gasteiger partial charge on any atom is -0.497 e. The highest BCUT2D eigenvalue weighted by Gasteiger charge is 2.50. The van der Waals surface area contributed by atoms with Crippen LogP contribution in [0.5, 0.6) is 5.75 Å². The number of carbonyl (C=O) groups excluding carboxylic acids is 1. The Balaban J connectivity index is 1.63. The Morgan fingerprint density at radius 2 is 2.00 bits per heavy atom. The van der Waals surface area contributed by atoms with Gasteiger partial charge in [0.2, 0.25) is 0 Å². The van der Waals surface area contributed by atoms with E-state index < -0.39 is 21.7 Å². The number of aliphatic imine (C=N–C) groups is 1. The van der Waals surface area contributed by atoms with Crippen molar-refractivity contribution in [3.05, 3.63) is 58.3 Å². The van der Waals surface area contributed by atoms with Crippen molar-refractivity contribution in [2.45, 2.75) is 17.7 Å². The van der Waals surface area contributed by atoms with Gasteiger partial charge in [0, 0.05) is 9.72 Å². The zero-order valence-electron chi connectivity index (χ0n) is 15.9. The van der Waals surface area contributed by atoms with Crippen molar-refractivity contribution in [2.75, 3.05) is 23.5 Å². The highest BCUT2D eigenvalue weighted by molar-refractivity contribution is 9.10. The van der Waals surface area contributed by atoms with Gasteiger partial charge in [-0.25, -0.2) is 12.8 Å². The van der Waals surface area contributed by atoms with Crippen molar-refractivity contribution in [3.63, 3.8) is 0 Å². The second kappa shape index (κ2) is 8.32. The Bertz CT molecular complexity index is 1120. The van der Waals surface area contributed by atoms with Crippen molar-refractivity contribution in [1.82, 2.24) is 0 Å². The third-order valence-electron chi connectivity index (χ3n) is 4.97. The lowest BCUT2D eigenvalue weighted by Gasteiger charge is -2.25. The molecule has 2 aromatic carbocycles. The van der Waals surface area contributed by atoms with Crippen molar-refractivity contribution >= 4 is 54.3 Å². The van der Waals surface area contributed by atoms with E-state index in [9.17, 15) is 17.6 Å². The normalized spacial score (nSPS) is 23.6. The molecule has 2 aromatic rings. The molecule has 6 nitrogen and oxygen atoms in total. The number of benzene rings is 2. The molecule has 0 radical (unpaired) electrons. The third-order valence-corrected chi connectivity index (χ3v) is 8.67. The molecule has 2 saturated heterocycles. The van der Waals surface area contributed by atoms with Gasteiger partial charge in [0.25, 0.3) is 5.91 Å². The summed E-state index contributed by atoms with van der Waals surface area (Å²) in [5.41, 5.74) is 0.989. The fraction of sp³-hybridized carbons (Fsp3) is 0.300. The number of halogens is 2. The quantitative estimate of drug-likeness (QED) is 0.624. The molecule has 10 heteroatoms. The molecule has 4 rings (SSSR count). The monoisotopic (exact) mass is 512 g/mol. The van der Waals surface area contributed by atoms with Crippen molar-refractivity contribution in [2.24, 2.45) is 4.99 Å². The van der Waals surface area contributed by atoms with E-state index in [0.29, 0.717) is 15.4 Å². The van der Waals surface area contributed by atoms with E-state index in [-0.39, 0.29) is 34.8 Å². The number of rotatable bonds is 4. The van der Waals surface area contributed by atoms with Crippen molar-refractivity contribution in [1.29, 1.82) is 0 Å². The molecule has 2 aliphatic heterocycles. The molecular weight excluding hydrogens is 495 g/mol. The van der Waals surface area contributed by atoms with Gasteiger partial charge in [-0.1, -0.05) is 39.8 Å². The number of nitrogens with zero attached hydrogens (tertiary/aromatic N) is 2. The average Bonchev–Trinajstić information content (AvgIpc) is 3.13. The van der Waals surface area contributed by atoms with Crippen LogP contribution in [0.25, 0.3) is 0 Å². The van der Waals surface area contributed by atoms with Gasteiger partial charge in [-0.3, -0.25) is 4.79 Å². The van der Waals surface area contributed by atoms with Crippen LogP contribution in [0.3, 0.4) is 0 Å². The topological polar surface area (TPSA) is 76.0 Å². The largest absolute Gasteiger partial charge is 0.497 e. The second-order valence-electron chi connectivity index (χ2n) is 7.08. The Hall–Kier alpha value is -1.91. The van der Waals surface area contributed by atoms with Crippen LogP contribution < -0.4 is 9.64 Å². The molecule has 158 valence electrons. The number of sulfone groups is 1. The van der Waals surface area contributed by atoms with Gasteiger partial charge in [0.05, 0.1) is 36.8 Å². The van der Waals surface area contributed by atoms with Crippen LogP contribution in [0.1, 0.15) is 5.56 Å². The van der Waals surface area contributed by atoms with Crippen molar-refractivity contribution < 1.29 is 22.3 Å². The van der Waals surface area contributed by atoms with Crippen LogP contribution >= 0.6 is 27.7 Å². The molecule has 0 spiro atoms. The molecule has 0 N–H and O–H groups in total. The van der Waals surface area contributed by atoms with E-state index in [1.807, 2.05) is 0 Å². The molecule has 0 unspecified atom stereocenters. The maximum absolute atomic E-state index is 14.7. The maximum Gasteiger partial charge on any atom is 0.252 e. The first kappa shape index (κ1) is 21.3. The van der Waals surface area contributed by atoms with E-state index in [4.69, 9.17) is 4.74 Å². The van der Waals surface area contributed by atoms with Gasteiger partial charge < -0.3 is 9.64 Å². The van der Waals surface area contributed by atoms with E-state index in [2.05, 4.69) is 20.9 Å². The zero-order valence-corrected chi connectivity index (χ0v) is 19.1. The first-order chi connectivity index (χ1) is 14.3. The Morgan fingerprint density at radius 1 is 1.27 bits per heavy atom. The first-order valence-electron chi connectivity index (χ1n) is 9.11. The van der Waals surface area contributed by atoms with E-state index in [0.717, 1.165) is 5.56 Å².